The number of ether oxygens (including phenoxy) is 2. The number of likely N-dealkylation sites (tertiary alicyclic amines) is 2. The summed E-state index contributed by atoms with van der Waals surface area (Å²) in [6.07, 6.45) is 7.55. The number of amides is 2. The number of hydrogen-bond donors (Lipinski definition) is 0. The summed E-state index contributed by atoms with van der Waals surface area (Å²) < 4.78 is 10.1. The van der Waals surface area contributed by atoms with Crippen molar-refractivity contribution >= 4 is 12.0 Å². The smallest absolute Gasteiger partial charge is 0.409 e. The molecule has 1 spiro atoms. The van der Waals surface area contributed by atoms with Gasteiger partial charge < -0.3 is 19.3 Å². The van der Waals surface area contributed by atoms with E-state index < -0.39 is 0 Å². The monoisotopic (exact) mass is 375 g/mol. The Morgan fingerprint density at radius 3 is 2.78 bits per heavy atom. The Bertz CT molecular complexity index is 629. The normalized spacial score (nSPS) is 19.4. The van der Waals surface area contributed by atoms with E-state index in [4.69, 9.17) is 9.47 Å². The van der Waals surface area contributed by atoms with Crippen LogP contribution in [-0.4, -0.2) is 73.3 Å². The Hall–Kier alpha value is -2.15. The minimum Gasteiger partial charge on any atom is -0.447 e. The first-order valence-corrected chi connectivity index (χ1v) is 9.69. The highest BCUT2D eigenvalue weighted by molar-refractivity contribution is 5.77. The maximum atomic E-state index is 12.4. The summed E-state index contributed by atoms with van der Waals surface area (Å²) in [5.41, 5.74) is 1.28. The summed E-state index contributed by atoms with van der Waals surface area (Å²) in [6.45, 7) is 3.60. The second-order valence-electron chi connectivity index (χ2n) is 7.52. The minimum absolute atomic E-state index is 0.131. The predicted molar refractivity (Wildman–Crippen MR) is 100 cm³/mol. The lowest BCUT2D eigenvalue weighted by Gasteiger charge is -2.47. The first kappa shape index (κ1) is 19.6. The second-order valence-corrected chi connectivity index (χ2v) is 7.52. The molecule has 148 valence electrons. The van der Waals surface area contributed by atoms with Crippen LogP contribution in [0.1, 0.15) is 31.2 Å². The first-order valence-electron chi connectivity index (χ1n) is 9.69. The van der Waals surface area contributed by atoms with E-state index in [1.807, 2.05) is 23.2 Å². The molecule has 2 aliphatic rings. The van der Waals surface area contributed by atoms with Crippen LogP contribution in [0.2, 0.25) is 0 Å². The summed E-state index contributed by atoms with van der Waals surface area (Å²) in [6, 6.07) is 3.97. The molecule has 0 bridgehead atoms. The lowest BCUT2D eigenvalue weighted by molar-refractivity contribution is -0.139. The molecule has 1 aromatic heterocycles. The van der Waals surface area contributed by atoms with Gasteiger partial charge in [0.15, 0.2) is 0 Å². The lowest BCUT2D eigenvalue weighted by Crippen LogP contribution is -2.52. The number of methoxy groups -OCH3 is 1. The molecular formula is C20H29N3O4. The van der Waals surface area contributed by atoms with Crippen LogP contribution in [0.3, 0.4) is 0 Å². The molecule has 3 rings (SSSR count). The van der Waals surface area contributed by atoms with Gasteiger partial charge in [0.2, 0.25) is 5.91 Å². The number of hydrogen-bond acceptors (Lipinski definition) is 5. The molecule has 7 nitrogen and oxygen atoms in total. The number of carbonyl (C=O) groups excluding carboxylic acids is 2. The highest BCUT2D eigenvalue weighted by Crippen LogP contribution is 2.40. The topological polar surface area (TPSA) is 72.0 Å². The number of carbonyl (C=O) groups is 2. The van der Waals surface area contributed by atoms with E-state index in [2.05, 4.69) is 4.98 Å². The van der Waals surface area contributed by atoms with Gasteiger partial charge in [-0.05, 0) is 42.7 Å². The fourth-order valence-corrected chi connectivity index (χ4v) is 3.99. The van der Waals surface area contributed by atoms with E-state index in [1.54, 1.807) is 18.2 Å². The van der Waals surface area contributed by atoms with Crippen LogP contribution < -0.4 is 0 Å². The van der Waals surface area contributed by atoms with E-state index in [0.29, 0.717) is 26.1 Å². The fraction of sp³-hybridized carbons (Fsp3) is 0.650. The molecule has 27 heavy (non-hydrogen) atoms. The molecule has 0 aliphatic carbocycles. The van der Waals surface area contributed by atoms with E-state index >= 15 is 0 Å². The summed E-state index contributed by atoms with van der Waals surface area (Å²) in [5, 5.41) is 0. The van der Waals surface area contributed by atoms with Crippen LogP contribution in [0.25, 0.3) is 0 Å². The molecule has 0 radical (unpaired) electrons. The van der Waals surface area contributed by atoms with Gasteiger partial charge in [0.05, 0.1) is 6.61 Å². The Balaban J connectivity index is 1.50. The highest BCUT2D eigenvalue weighted by Gasteiger charge is 2.41. The standard InChI is InChI=1S/C20H29N3O4/c1-26-13-14-27-19(25)22-11-7-20(8-12-22)6-4-18(24)23(16-20)10-5-17-3-2-9-21-15-17/h2-3,9,15H,4-8,10-14,16H2,1H3. The van der Waals surface area contributed by atoms with Crippen molar-refractivity contribution in [2.24, 2.45) is 5.41 Å². The van der Waals surface area contributed by atoms with E-state index in [9.17, 15) is 9.59 Å². The zero-order valence-electron chi connectivity index (χ0n) is 16.1. The Morgan fingerprint density at radius 1 is 1.26 bits per heavy atom. The molecule has 0 unspecified atom stereocenters. The molecule has 0 aromatic carbocycles. The van der Waals surface area contributed by atoms with Crippen molar-refractivity contribution in [3.63, 3.8) is 0 Å². The average molecular weight is 375 g/mol. The van der Waals surface area contributed by atoms with Gasteiger partial charge in [-0.1, -0.05) is 6.07 Å². The highest BCUT2D eigenvalue weighted by atomic mass is 16.6. The molecule has 2 aliphatic heterocycles. The maximum absolute atomic E-state index is 12.4. The number of rotatable bonds is 6. The number of nitrogens with zero attached hydrogens (tertiary/aromatic N) is 3. The quantitative estimate of drug-likeness (QED) is 0.712. The summed E-state index contributed by atoms with van der Waals surface area (Å²) in [4.78, 5) is 32.4. The number of pyridine rings is 1. The van der Waals surface area contributed by atoms with E-state index in [-0.39, 0.29) is 24.0 Å². The third-order valence-electron chi connectivity index (χ3n) is 5.74. The van der Waals surface area contributed by atoms with Gasteiger partial charge in [-0.2, -0.15) is 0 Å². The largest absolute Gasteiger partial charge is 0.447 e. The Kier molecular flexibility index (Phi) is 6.66. The fourth-order valence-electron chi connectivity index (χ4n) is 3.99. The molecule has 0 saturated carbocycles. The van der Waals surface area contributed by atoms with Gasteiger partial charge in [0.25, 0.3) is 0 Å². The lowest BCUT2D eigenvalue weighted by atomic mass is 9.72. The zero-order valence-corrected chi connectivity index (χ0v) is 16.1. The molecule has 0 N–H and O–H groups in total. The SMILES string of the molecule is COCCOC(=O)N1CCC2(CCC(=O)N(CCc3cccnc3)C2)CC1. The average Bonchev–Trinajstić information content (AvgIpc) is 2.70. The Labute approximate surface area is 160 Å². The molecule has 0 atom stereocenters. The molecule has 3 heterocycles. The van der Waals surface area contributed by atoms with Crippen LogP contribution in [0.4, 0.5) is 4.79 Å². The van der Waals surface area contributed by atoms with Gasteiger partial charge in [-0.3, -0.25) is 9.78 Å². The van der Waals surface area contributed by atoms with Crippen molar-refractivity contribution in [2.75, 3.05) is 46.5 Å². The third-order valence-corrected chi connectivity index (χ3v) is 5.74. The molecule has 1 aromatic rings. The second kappa shape index (κ2) is 9.17. The van der Waals surface area contributed by atoms with E-state index in [0.717, 1.165) is 44.3 Å². The number of aromatic nitrogens is 1. The van der Waals surface area contributed by atoms with Crippen LogP contribution in [0, 0.1) is 5.41 Å². The van der Waals surface area contributed by atoms with Crippen molar-refractivity contribution in [1.29, 1.82) is 0 Å². The predicted octanol–water partition coefficient (Wildman–Crippen LogP) is 2.11. The van der Waals surface area contributed by atoms with Crippen LogP contribution in [0.5, 0.6) is 0 Å². The summed E-state index contributed by atoms with van der Waals surface area (Å²) >= 11 is 0. The molecule has 2 saturated heterocycles. The van der Waals surface area contributed by atoms with Crippen molar-refractivity contribution < 1.29 is 19.1 Å². The van der Waals surface area contributed by atoms with Gasteiger partial charge >= 0.3 is 6.09 Å². The van der Waals surface area contributed by atoms with Gasteiger partial charge in [-0.25, -0.2) is 4.79 Å². The van der Waals surface area contributed by atoms with Crippen LogP contribution in [0.15, 0.2) is 24.5 Å². The van der Waals surface area contributed by atoms with Gasteiger partial charge in [-0.15, -0.1) is 0 Å². The van der Waals surface area contributed by atoms with Gasteiger partial charge in [0.1, 0.15) is 6.61 Å². The molecule has 2 amide bonds. The first-order chi connectivity index (χ1) is 13.1. The molecule has 2 fully saturated rings. The van der Waals surface area contributed by atoms with Crippen molar-refractivity contribution in [3.05, 3.63) is 30.1 Å². The van der Waals surface area contributed by atoms with Gasteiger partial charge in [0, 0.05) is 52.1 Å². The summed E-state index contributed by atoms with van der Waals surface area (Å²) in [7, 11) is 1.59. The third kappa shape index (κ3) is 5.19. The van der Waals surface area contributed by atoms with Crippen molar-refractivity contribution in [3.8, 4) is 0 Å². The molecule has 7 heteroatoms. The Morgan fingerprint density at radius 2 is 2.07 bits per heavy atom. The van der Waals surface area contributed by atoms with Crippen LogP contribution in [-0.2, 0) is 20.7 Å². The maximum Gasteiger partial charge on any atom is 0.409 e. The molecular weight excluding hydrogens is 346 g/mol. The van der Waals surface area contributed by atoms with Crippen molar-refractivity contribution in [2.45, 2.75) is 32.1 Å². The van der Waals surface area contributed by atoms with Crippen molar-refractivity contribution in [1.82, 2.24) is 14.8 Å². The number of piperidine rings is 2. The zero-order chi connectivity index (χ0) is 19.1. The summed E-state index contributed by atoms with van der Waals surface area (Å²) in [5.74, 6) is 0.242. The van der Waals surface area contributed by atoms with E-state index in [1.165, 1.54) is 0 Å². The minimum atomic E-state index is -0.262. The van der Waals surface area contributed by atoms with Crippen LogP contribution >= 0.6 is 0 Å².